The Kier molecular flexibility index (Phi) is 3.47. The summed E-state index contributed by atoms with van der Waals surface area (Å²) in [6, 6.07) is 4.58. The summed E-state index contributed by atoms with van der Waals surface area (Å²) in [5.74, 6) is -0.0889. The number of nitrogens with two attached hydrogens (primary N) is 1. The van der Waals surface area contributed by atoms with Crippen LogP contribution in [0.2, 0.25) is 0 Å². The molecule has 1 aromatic rings. The lowest BCUT2D eigenvalue weighted by atomic mass is 9.57. The first kappa shape index (κ1) is 15.3. The van der Waals surface area contributed by atoms with Gasteiger partial charge >= 0.3 is 6.18 Å². The van der Waals surface area contributed by atoms with Gasteiger partial charge in [-0.05, 0) is 62.8 Å². The number of nitrogens with one attached hydrogen (secondary N) is 1. The summed E-state index contributed by atoms with van der Waals surface area (Å²) in [5, 5.41) is 2.77. The number of hydrogen-bond donors (Lipinski definition) is 2. The average Bonchev–Trinajstić information content (AvgIpc) is 2.48. The Hall–Kier alpha value is -1.56. The molecule has 6 heteroatoms. The number of amides is 1. The topological polar surface area (TPSA) is 55.1 Å². The van der Waals surface area contributed by atoms with E-state index >= 15 is 0 Å². The van der Waals surface area contributed by atoms with Gasteiger partial charge in [0.1, 0.15) is 0 Å². The molecule has 4 rings (SSSR count). The van der Waals surface area contributed by atoms with Crippen molar-refractivity contribution in [2.45, 2.75) is 50.2 Å². The normalized spacial score (nSPS) is 31.1. The molecule has 0 heterocycles. The number of hydrogen-bond acceptors (Lipinski definition) is 2. The third-order valence-corrected chi connectivity index (χ3v) is 5.26. The van der Waals surface area contributed by atoms with E-state index in [2.05, 4.69) is 5.32 Å². The quantitative estimate of drug-likeness (QED) is 0.875. The molecule has 3 aliphatic carbocycles. The van der Waals surface area contributed by atoms with Gasteiger partial charge in [0.15, 0.2) is 0 Å². The number of anilines is 1. The second-order valence-corrected chi connectivity index (χ2v) is 6.67. The molecule has 0 saturated heterocycles. The van der Waals surface area contributed by atoms with Crippen LogP contribution in [0.25, 0.3) is 0 Å². The molecule has 0 atom stereocenters. The van der Waals surface area contributed by atoms with Crippen molar-refractivity contribution in [3.63, 3.8) is 0 Å². The third kappa shape index (κ3) is 2.72. The Morgan fingerprint density at radius 1 is 1.00 bits per heavy atom. The molecule has 3 saturated carbocycles. The number of alkyl halides is 3. The maximum absolute atomic E-state index is 12.6. The number of benzene rings is 1. The molecule has 22 heavy (non-hydrogen) atoms. The standard InChI is InChI=1S/C16H19F3N2O/c17-16(18,19)11-1-3-12(4-2-11)21-13(22)14-5-8-15(20,9-6-14)10-7-14/h1-4H,5-10,20H2,(H,21,22). The zero-order valence-corrected chi connectivity index (χ0v) is 12.2. The first-order chi connectivity index (χ1) is 10.2. The highest BCUT2D eigenvalue weighted by molar-refractivity contribution is 5.95. The molecular formula is C16H19F3N2O. The molecule has 0 aliphatic heterocycles. The Morgan fingerprint density at radius 3 is 1.95 bits per heavy atom. The van der Waals surface area contributed by atoms with Gasteiger partial charge < -0.3 is 11.1 Å². The van der Waals surface area contributed by atoms with E-state index < -0.39 is 17.2 Å². The first-order valence-electron chi connectivity index (χ1n) is 7.50. The highest BCUT2D eigenvalue weighted by Gasteiger charge is 2.50. The lowest BCUT2D eigenvalue weighted by Crippen LogP contribution is -2.55. The summed E-state index contributed by atoms with van der Waals surface area (Å²) >= 11 is 0. The van der Waals surface area contributed by atoms with Crippen molar-refractivity contribution in [2.24, 2.45) is 11.1 Å². The van der Waals surface area contributed by atoms with E-state index in [-0.39, 0.29) is 11.4 Å². The second kappa shape index (κ2) is 4.98. The minimum Gasteiger partial charge on any atom is -0.326 e. The monoisotopic (exact) mass is 312 g/mol. The van der Waals surface area contributed by atoms with Crippen LogP contribution in [-0.2, 0) is 11.0 Å². The van der Waals surface area contributed by atoms with E-state index in [9.17, 15) is 18.0 Å². The van der Waals surface area contributed by atoms with Crippen molar-refractivity contribution in [1.82, 2.24) is 0 Å². The van der Waals surface area contributed by atoms with Gasteiger partial charge in [-0.2, -0.15) is 13.2 Å². The molecule has 0 spiro atoms. The number of fused-ring (bicyclic) bond motifs is 3. The Balaban J connectivity index is 1.70. The van der Waals surface area contributed by atoms with E-state index in [4.69, 9.17) is 5.73 Å². The Bertz CT molecular complexity index is 556. The lowest BCUT2D eigenvalue weighted by molar-refractivity contribution is -0.137. The van der Waals surface area contributed by atoms with Crippen molar-refractivity contribution in [3.8, 4) is 0 Å². The smallest absolute Gasteiger partial charge is 0.326 e. The van der Waals surface area contributed by atoms with Crippen LogP contribution in [0.3, 0.4) is 0 Å². The van der Waals surface area contributed by atoms with Crippen LogP contribution in [0.4, 0.5) is 18.9 Å². The van der Waals surface area contributed by atoms with Crippen LogP contribution >= 0.6 is 0 Å². The van der Waals surface area contributed by atoms with Gasteiger partial charge in [0.2, 0.25) is 5.91 Å². The van der Waals surface area contributed by atoms with Crippen molar-refractivity contribution in [2.75, 3.05) is 5.32 Å². The fourth-order valence-electron chi connectivity index (χ4n) is 3.56. The van der Waals surface area contributed by atoms with Crippen LogP contribution in [0.15, 0.2) is 24.3 Å². The number of halogens is 3. The number of rotatable bonds is 2. The van der Waals surface area contributed by atoms with Gasteiger partial charge in [-0.25, -0.2) is 0 Å². The first-order valence-corrected chi connectivity index (χ1v) is 7.50. The predicted octanol–water partition coefficient (Wildman–Crippen LogP) is 3.70. The fraction of sp³-hybridized carbons (Fsp3) is 0.562. The molecule has 0 radical (unpaired) electrons. The van der Waals surface area contributed by atoms with E-state index in [0.29, 0.717) is 5.69 Å². The van der Waals surface area contributed by atoms with Gasteiger partial charge in [-0.15, -0.1) is 0 Å². The summed E-state index contributed by atoms with van der Waals surface area (Å²) in [6.07, 6.45) is 0.439. The second-order valence-electron chi connectivity index (χ2n) is 6.67. The molecule has 3 nitrogen and oxygen atoms in total. The highest BCUT2D eigenvalue weighted by atomic mass is 19.4. The van der Waals surface area contributed by atoms with Crippen LogP contribution < -0.4 is 11.1 Å². The van der Waals surface area contributed by atoms with E-state index in [1.54, 1.807) is 0 Å². The zero-order chi connectivity index (χ0) is 16.0. The Labute approximate surface area is 127 Å². The Morgan fingerprint density at radius 2 is 1.50 bits per heavy atom. The van der Waals surface area contributed by atoms with Crippen molar-refractivity contribution in [3.05, 3.63) is 29.8 Å². The summed E-state index contributed by atoms with van der Waals surface area (Å²) in [7, 11) is 0. The average molecular weight is 312 g/mol. The number of carbonyl (C=O) groups excluding carboxylic acids is 1. The SMILES string of the molecule is NC12CCC(C(=O)Nc3ccc(C(F)(F)F)cc3)(CC1)CC2. The van der Waals surface area contributed by atoms with Crippen LogP contribution in [0.1, 0.15) is 44.1 Å². The van der Waals surface area contributed by atoms with Gasteiger partial charge in [0, 0.05) is 16.6 Å². The fourth-order valence-corrected chi connectivity index (χ4v) is 3.56. The van der Waals surface area contributed by atoms with E-state index in [1.807, 2.05) is 0 Å². The maximum atomic E-state index is 12.6. The molecule has 1 amide bonds. The largest absolute Gasteiger partial charge is 0.416 e. The van der Waals surface area contributed by atoms with Crippen LogP contribution in [-0.4, -0.2) is 11.4 Å². The van der Waals surface area contributed by atoms with Crippen LogP contribution in [0.5, 0.6) is 0 Å². The van der Waals surface area contributed by atoms with Crippen molar-refractivity contribution >= 4 is 11.6 Å². The van der Waals surface area contributed by atoms with Crippen molar-refractivity contribution < 1.29 is 18.0 Å². The summed E-state index contributed by atoms with van der Waals surface area (Å²) in [4.78, 5) is 12.6. The zero-order valence-electron chi connectivity index (χ0n) is 12.2. The third-order valence-electron chi connectivity index (χ3n) is 5.26. The van der Waals surface area contributed by atoms with Gasteiger partial charge in [-0.1, -0.05) is 0 Å². The van der Waals surface area contributed by atoms with E-state index in [0.717, 1.165) is 50.7 Å². The molecule has 3 aliphatic rings. The maximum Gasteiger partial charge on any atom is 0.416 e. The van der Waals surface area contributed by atoms with E-state index in [1.165, 1.54) is 12.1 Å². The highest BCUT2D eigenvalue weighted by Crippen LogP contribution is 2.51. The summed E-state index contributed by atoms with van der Waals surface area (Å²) < 4.78 is 37.6. The lowest BCUT2D eigenvalue weighted by Gasteiger charge is -2.50. The molecule has 1 aromatic carbocycles. The van der Waals surface area contributed by atoms with Gasteiger partial charge in [0.25, 0.3) is 0 Å². The molecule has 0 aromatic heterocycles. The van der Waals surface area contributed by atoms with Crippen LogP contribution in [0, 0.1) is 5.41 Å². The van der Waals surface area contributed by atoms with Crippen molar-refractivity contribution in [1.29, 1.82) is 0 Å². The summed E-state index contributed by atoms with van der Waals surface area (Å²) in [5.41, 5.74) is 5.40. The molecule has 3 fully saturated rings. The molecule has 2 bridgehead atoms. The number of carbonyl (C=O) groups is 1. The molecule has 120 valence electrons. The molecule has 0 unspecified atom stereocenters. The summed E-state index contributed by atoms with van der Waals surface area (Å²) in [6.45, 7) is 0. The predicted molar refractivity (Wildman–Crippen MR) is 77.1 cm³/mol. The van der Waals surface area contributed by atoms with Gasteiger partial charge in [0.05, 0.1) is 5.56 Å². The molecular weight excluding hydrogens is 293 g/mol. The minimum atomic E-state index is -4.36. The minimum absolute atomic E-state index is 0.0889. The molecule has 3 N–H and O–H groups in total. The van der Waals surface area contributed by atoms with Gasteiger partial charge in [-0.3, -0.25) is 4.79 Å².